The number of hydrogen-bond acceptors (Lipinski definition) is 3. The Morgan fingerprint density at radius 2 is 2.05 bits per heavy atom. The number of hydrogen-bond donors (Lipinski definition) is 2. The average molecular weight is 296 g/mol. The van der Waals surface area contributed by atoms with Crippen LogP contribution in [-0.2, 0) is 11.3 Å². The van der Waals surface area contributed by atoms with E-state index >= 15 is 0 Å². The summed E-state index contributed by atoms with van der Waals surface area (Å²) >= 11 is 0. The van der Waals surface area contributed by atoms with Gasteiger partial charge in [-0.25, -0.2) is 4.39 Å². The molecule has 0 unspecified atom stereocenters. The molecule has 5 heteroatoms. The largest absolute Gasteiger partial charge is 0.481 e. The zero-order valence-corrected chi connectivity index (χ0v) is 12.9. The molecule has 0 heterocycles. The van der Waals surface area contributed by atoms with E-state index in [0.29, 0.717) is 25.3 Å². The highest BCUT2D eigenvalue weighted by Crippen LogP contribution is 2.22. The van der Waals surface area contributed by atoms with Gasteiger partial charge in [0.05, 0.1) is 12.1 Å². The number of carbonyl (C=O) groups is 1. The minimum Gasteiger partial charge on any atom is -0.481 e. The lowest BCUT2D eigenvalue weighted by molar-refractivity contribution is -0.136. The molecule has 21 heavy (non-hydrogen) atoms. The normalized spacial score (nSPS) is 10.6. The third-order valence-electron chi connectivity index (χ3n) is 3.20. The molecule has 0 aliphatic carbocycles. The van der Waals surface area contributed by atoms with E-state index < -0.39 is 5.97 Å². The molecule has 1 aromatic rings. The first-order valence-corrected chi connectivity index (χ1v) is 7.54. The Labute approximate surface area is 126 Å². The summed E-state index contributed by atoms with van der Waals surface area (Å²) in [6.45, 7) is 6.68. The summed E-state index contributed by atoms with van der Waals surface area (Å²) in [6, 6.07) is 5.04. The van der Waals surface area contributed by atoms with Gasteiger partial charge in [0.1, 0.15) is 5.82 Å². The fraction of sp³-hybridized carbons (Fsp3) is 0.562. The van der Waals surface area contributed by atoms with Crippen LogP contribution >= 0.6 is 0 Å². The molecule has 0 amide bonds. The molecule has 0 aliphatic heterocycles. The molecule has 1 aromatic carbocycles. The second kappa shape index (κ2) is 9.34. The van der Waals surface area contributed by atoms with Crippen LogP contribution in [0, 0.1) is 5.82 Å². The number of anilines is 1. The summed E-state index contributed by atoms with van der Waals surface area (Å²) in [6.07, 6.45) is 1.91. The van der Waals surface area contributed by atoms with Crippen molar-refractivity contribution in [3.63, 3.8) is 0 Å². The molecule has 0 atom stereocenters. The van der Waals surface area contributed by atoms with Gasteiger partial charge in [-0.15, -0.1) is 0 Å². The summed E-state index contributed by atoms with van der Waals surface area (Å²) < 4.78 is 14.0. The first-order chi connectivity index (χ1) is 10.1. The highest BCUT2D eigenvalue weighted by Gasteiger charge is 2.13. The SMILES string of the molecule is CCCNCc1ccc(F)c(N(CCC)CCC(=O)O)c1. The molecule has 0 spiro atoms. The number of aliphatic carboxylic acids is 1. The van der Waals surface area contributed by atoms with Gasteiger partial charge in [0.2, 0.25) is 0 Å². The van der Waals surface area contributed by atoms with Crippen LogP contribution in [0.25, 0.3) is 0 Å². The van der Waals surface area contributed by atoms with Crippen molar-refractivity contribution in [3.05, 3.63) is 29.6 Å². The number of rotatable bonds is 10. The lowest BCUT2D eigenvalue weighted by Crippen LogP contribution is -2.28. The molecule has 0 saturated carbocycles. The van der Waals surface area contributed by atoms with Gasteiger partial charge < -0.3 is 15.3 Å². The number of nitrogens with zero attached hydrogens (tertiary/aromatic N) is 1. The van der Waals surface area contributed by atoms with Crippen LogP contribution in [0.15, 0.2) is 18.2 Å². The van der Waals surface area contributed by atoms with Gasteiger partial charge in [-0.2, -0.15) is 0 Å². The molecule has 2 N–H and O–H groups in total. The molecular formula is C16H25FN2O2. The summed E-state index contributed by atoms with van der Waals surface area (Å²) in [7, 11) is 0. The zero-order chi connectivity index (χ0) is 15.7. The van der Waals surface area contributed by atoms with Crippen molar-refractivity contribution >= 4 is 11.7 Å². The second-order valence-electron chi connectivity index (χ2n) is 5.09. The van der Waals surface area contributed by atoms with Crippen LogP contribution in [0.2, 0.25) is 0 Å². The molecular weight excluding hydrogens is 271 g/mol. The summed E-state index contributed by atoms with van der Waals surface area (Å²) in [4.78, 5) is 12.5. The maximum absolute atomic E-state index is 14.0. The van der Waals surface area contributed by atoms with Crippen molar-refractivity contribution in [1.29, 1.82) is 0 Å². The van der Waals surface area contributed by atoms with E-state index in [0.717, 1.165) is 24.9 Å². The van der Waals surface area contributed by atoms with Crippen LogP contribution in [0.3, 0.4) is 0 Å². The van der Waals surface area contributed by atoms with E-state index in [-0.39, 0.29) is 12.2 Å². The van der Waals surface area contributed by atoms with Crippen molar-refractivity contribution in [3.8, 4) is 0 Å². The predicted molar refractivity (Wildman–Crippen MR) is 83.2 cm³/mol. The lowest BCUT2D eigenvalue weighted by Gasteiger charge is -2.24. The first kappa shape index (κ1) is 17.4. The zero-order valence-electron chi connectivity index (χ0n) is 12.9. The maximum Gasteiger partial charge on any atom is 0.305 e. The minimum absolute atomic E-state index is 0.0117. The Morgan fingerprint density at radius 3 is 2.67 bits per heavy atom. The van der Waals surface area contributed by atoms with E-state index in [1.807, 2.05) is 17.9 Å². The van der Waals surface area contributed by atoms with Crippen molar-refractivity contribution in [2.75, 3.05) is 24.5 Å². The fourth-order valence-corrected chi connectivity index (χ4v) is 2.17. The molecule has 0 bridgehead atoms. The van der Waals surface area contributed by atoms with Gasteiger partial charge in [0.25, 0.3) is 0 Å². The Hall–Kier alpha value is -1.62. The highest BCUT2D eigenvalue weighted by molar-refractivity contribution is 5.67. The van der Waals surface area contributed by atoms with Crippen LogP contribution < -0.4 is 10.2 Å². The second-order valence-corrected chi connectivity index (χ2v) is 5.09. The highest BCUT2D eigenvalue weighted by atomic mass is 19.1. The molecule has 0 aliphatic rings. The van der Waals surface area contributed by atoms with Crippen LogP contribution in [0.5, 0.6) is 0 Å². The molecule has 118 valence electrons. The number of nitrogens with one attached hydrogen (secondary N) is 1. The van der Waals surface area contributed by atoms with E-state index in [4.69, 9.17) is 5.11 Å². The van der Waals surface area contributed by atoms with Gasteiger partial charge in [0, 0.05) is 19.6 Å². The quantitative estimate of drug-likeness (QED) is 0.652. The monoisotopic (exact) mass is 296 g/mol. The summed E-state index contributed by atoms with van der Waals surface area (Å²) in [5.74, 6) is -1.16. The Balaban J connectivity index is 2.83. The van der Waals surface area contributed by atoms with Gasteiger partial charge in [0.15, 0.2) is 0 Å². The van der Waals surface area contributed by atoms with Gasteiger partial charge >= 0.3 is 5.97 Å². The Bertz CT molecular complexity index is 452. The number of carboxylic acid groups (broad SMARTS) is 1. The minimum atomic E-state index is -0.864. The third-order valence-corrected chi connectivity index (χ3v) is 3.20. The predicted octanol–water partition coefficient (Wildman–Crippen LogP) is 3.02. The van der Waals surface area contributed by atoms with Crippen molar-refractivity contribution in [1.82, 2.24) is 5.32 Å². The Kier molecular flexibility index (Phi) is 7.75. The standard InChI is InChI=1S/C16H25FN2O2/c1-3-8-18-12-13-5-6-14(17)15(11-13)19(9-4-2)10-7-16(20)21/h5-6,11,18H,3-4,7-10,12H2,1-2H3,(H,20,21). The van der Waals surface area contributed by atoms with Crippen LogP contribution in [0.4, 0.5) is 10.1 Å². The number of benzene rings is 1. The number of halogens is 1. The Morgan fingerprint density at radius 1 is 1.29 bits per heavy atom. The molecule has 4 nitrogen and oxygen atoms in total. The van der Waals surface area contributed by atoms with Crippen molar-refractivity contribution in [2.24, 2.45) is 0 Å². The molecule has 0 fully saturated rings. The summed E-state index contributed by atoms with van der Waals surface area (Å²) in [5, 5.41) is 12.1. The van der Waals surface area contributed by atoms with Crippen molar-refractivity contribution in [2.45, 2.75) is 39.7 Å². The summed E-state index contributed by atoms with van der Waals surface area (Å²) in [5.41, 5.74) is 1.50. The molecule has 0 radical (unpaired) electrons. The molecule has 0 saturated heterocycles. The van der Waals surface area contributed by atoms with Gasteiger partial charge in [-0.05, 0) is 37.1 Å². The first-order valence-electron chi connectivity index (χ1n) is 7.54. The van der Waals surface area contributed by atoms with Crippen LogP contribution in [-0.4, -0.2) is 30.7 Å². The maximum atomic E-state index is 14.0. The smallest absolute Gasteiger partial charge is 0.305 e. The third kappa shape index (κ3) is 6.12. The van der Waals surface area contributed by atoms with E-state index in [9.17, 15) is 9.18 Å². The van der Waals surface area contributed by atoms with Gasteiger partial charge in [-0.3, -0.25) is 4.79 Å². The number of carboxylic acids is 1. The molecule has 0 aromatic heterocycles. The average Bonchev–Trinajstić information content (AvgIpc) is 2.45. The fourth-order valence-electron chi connectivity index (χ4n) is 2.17. The van der Waals surface area contributed by atoms with Crippen LogP contribution in [0.1, 0.15) is 38.7 Å². The van der Waals surface area contributed by atoms with Crippen molar-refractivity contribution < 1.29 is 14.3 Å². The molecule has 1 rings (SSSR count). The topological polar surface area (TPSA) is 52.6 Å². The van der Waals surface area contributed by atoms with E-state index in [2.05, 4.69) is 12.2 Å². The van der Waals surface area contributed by atoms with E-state index in [1.54, 1.807) is 6.07 Å². The van der Waals surface area contributed by atoms with Gasteiger partial charge in [-0.1, -0.05) is 19.9 Å². The van der Waals surface area contributed by atoms with E-state index in [1.165, 1.54) is 6.07 Å². The lowest BCUT2D eigenvalue weighted by atomic mass is 10.1.